The van der Waals surface area contributed by atoms with Gasteiger partial charge < -0.3 is 5.32 Å². The maximum atomic E-state index is 11.3. The van der Waals surface area contributed by atoms with Crippen molar-refractivity contribution in [3.05, 3.63) is 24.3 Å². The first-order valence-electron chi connectivity index (χ1n) is 6.42. The second-order valence-electron chi connectivity index (χ2n) is 4.68. The molecule has 0 atom stereocenters. The standard InChI is InChI=1S/C13H20N2O2S2/c1-19(16,17)13-4-2-12(3-5-13)18-11-10-15-8-6-14-7-9-15/h2-5,14H,6-11H2,1H3. The topological polar surface area (TPSA) is 49.4 Å². The van der Waals surface area contributed by atoms with E-state index in [9.17, 15) is 8.42 Å². The predicted octanol–water partition coefficient (Wildman–Crippen LogP) is 1.09. The Balaban J connectivity index is 1.80. The number of benzene rings is 1. The van der Waals surface area contributed by atoms with Crippen molar-refractivity contribution in [3.63, 3.8) is 0 Å². The van der Waals surface area contributed by atoms with E-state index in [-0.39, 0.29) is 0 Å². The number of hydrogen-bond acceptors (Lipinski definition) is 5. The zero-order chi connectivity index (χ0) is 13.7. The van der Waals surface area contributed by atoms with E-state index < -0.39 is 9.84 Å². The molecule has 0 unspecified atom stereocenters. The van der Waals surface area contributed by atoms with Crippen LogP contribution in [0, 0.1) is 0 Å². The van der Waals surface area contributed by atoms with Crippen LogP contribution in [0.5, 0.6) is 0 Å². The van der Waals surface area contributed by atoms with Crippen LogP contribution in [0.15, 0.2) is 34.1 Å². The van der Waals surface area contributed by atoms with Crippen LogP contribution in [0.3, 0.4) is 0 Å². The second kappa shape index (κ2) is 6.74. The highest BCUT2D eigenvalue weighted by molar-refractivity contribution is 7.99. The third-order valence-corrected chi connectivity index (χ3v) is 5.26. The second-order valence-corrected chi connectivity index (χ2v) is 7.87. The Labute approximate surface area is 119 Å². The van der Waals surface area contributed by atoms with Gasteiger partial charge in [0.1, 0.15) is 0 Å². The average molecular weight is 300 g/mol. The highest BCUT2D eigenvalue weighted by Crippen LogP contribution is 2.20. The quantitative estimate of drug-likeness (QED) is 0.825. The lowest BCUT2D eigenvalue weighted by molar-refractivity contribution is 0.255. The molecule has 1 aromatic rings. The summed E-state index contributed by atoms with van der Waals surface area (Å²) < 4.78 is 22.7. The van der Waals surface area contributed by atoms with E-state index in [4.69, 9.17) is 0 Å². The van der Waals surface area contributed by atoms with Crippen molar-refractivity contribution >= 4 is 21.6 Å². The van der Waals surface area contributed by atoms with Gasteiger partial charge >= 0.3 is 0 Å². The molecule has 0 amide bonds. The maximum Gasteiger partial charge on any atom is 0.175 e. The number of nitrogens with one attached hydrogen (secondary N) is 1. The van der Waals surface area contributed by atoms with E-state index in [2.05, 4.69) is 10.2 Å². The Hall–Kier alpha value is -0.560. The van der Waals surface area contributed by atoms with Crippen LogP contribution < -0.4 is 5.32 Å². The number of piperazine rings is 1. The summed E-state index contributed by atoms with van der Waals surface area (Å²) in [6, 6.07) is 7.14. The van der Waals surface area contributed by atoms with Gasteiger partial charge in [-0.15, -0.1) is 11.8 Å². The first-order chi connectivity index (χ1) is 9.05. The summed E-state index contributed by atoms with van der Waals surface area (Å²) in [5.41, 5.74) is 0. The van der Waals surface area contributed by atoms with Gasteiger partial charge in [-0.2, -0.15) is 0 Å². The van der Waals surface area contributed by atoms with Crippen molar-refractivity contribution in [1.29, 1.82) is 0 Å². The highest BCUT2D eigenvalue weighted by Gasteiger charge is 2.09. The summed E-state index contributed by atoms with van der Waals surface area (Å²) in [6.07, 6.45) is 1.24. The average Bonchev–Trinajstić information content (AvgIpc) is 2.39. The van der Waals surface area contributed by atoms with Gasteiger partial charge in [-0.25, -0.2) is 8.42 Å². The van der Waals surface area contributed by atoms with Crippen LogP contribution >= 0.6 is 11.8 Å². The molecular formula is C13H20N2O2S2. The zero-order valence-corrected chi connectivity index (χ0v) is 12.8. The molecule has 1 aliphatic rings. The van der Waals surface area contributed by atoms with E-state index in [1.165, 1.54) is 6.26 Å². The van der Waals surface area contributed by atoms with Crippen LogP contribution in [-0.4, -0.2) is 58.1 Å². The molecule has 0 saturated carbocycles. The summed E-state index contributed by atoms with van der Waals surface area (Å²) in [4.78, 5) is 3.97. The molecule has 106 valence electrons. The van der Waals surface area contributed by atoms with Crippen molar-refractivity contribution in [3.8, 4) is 0 Å². The van der Waals surface area contributed by atoms with Crippen molar-refractivity contribution in [2.75, 3.05) is 44.7 Å². The molecule has 2 rings (SSSR count). The molecule has 6 heteroatoms. The molecule has 0 spiro atoms. The summed E-state index contributed by atoms with van der Waals surface area (Å²) >= 11 is 1.78. The van der Waals surface area contributed by atoms with E-state index in [0.717, 1.165) is 43.4 Å². The zero-order valence-electron chi connectivity index (χ0n) is 11.1. The minimum absolute atomic E-state index is 0.388. The SMILES string of the molecule is CS(=O)(=O)c1ccc(SCCN2CCNCC2)cc1. The van der Waals surface area contributed by atoms with E-state index >= 15 is 0 Å². The minimum Gasteiger partial charge on any atom is -0.314 e. The lowest BCUT2D eigenvalue weighted by Gasteiger charge is -2.26. The monoisotopic (exact) mass is 300 g/mol. The first-order valence-corrected chi connectivity index (χ1v) is 9.29. The van der Waals surface area contributed by atoms with Crippen LogP contribution in [0.1, 0.15) is 0 Å². The van der Waals surface area contributed by atoms with Crippen molar-refractivity contribution in [2.45, 2.75) is 9.79 Å². The van der Waals surface area contributed by atoms with E-state index in [1.807, 2.05) is 12.1 Å². The van der Waals surface area contributed by atoms with Crippen LogP contribution in [0.4, 0.5) is 0 Å². The van der Waals surface area contributed by atoms with E-state index in [1.54, 1.807) is 23.9 Å². The number of sulfone groups is 1. The van der Waals surface area contributed by atoms with Crippen molar-refractivity contribution < 1.29 is 8.42 Å². The number of nitrogens with zero attached hydrogens (tertiary/aromatic N) is 1. The van der Waals surface area contributed by atoms with Gasteiger partial charge in [0, 0.05) is 49.6 Å². The summed E-state index contributed by atoms with van der Waals surface area (Å²) in [5, 5.41) is 3.34. The molecule has 0 radical (unpaired) electrons. The fraction of sp³-hybridized carbons (Fsp3) is 0.538. The van der Waals surface area contributed by atoms with Gasteiger partial charge in [-0.05, 0) is 24.3 Å². The third-order valence-electron chi connectivity index (χ3n) is 3.14. The highest BCUT2D eigenvalue weighted by atomic mass is 32.2. The Morgan fingerprint density at radius 1 is 1.21 bits per heavy atom. The van der Waals surface area contributed by atoms with Crippen LogP contribution in [0.2, 0.25) is 0 Å². The summed E-state index contributed by atoms with van der Waals surface area (Å²) in [6.45, 7) is 5.47. The van der Waals surface area contributed by atoms with Gasteiger partial charge in [0.05, 0.1) is 4.90 Å². The van der Waals surface area contributed by atoms with E-state index in [0.29, 0.717) is 4.90 Å². The molecular weight excluding hydrogens is 280 g/mol. The third kappa shape index (κ3) is 4.80. The normalized spacial score (nSPS) is 17.5. The summed E-state index contributed by atoms with van der Waals surface area (Å²) in [7, 11) is -3.08. The molecule has 1 fully saturated rings. The molecule has 0 aliphatic carbocycles. The van der Waals surface area contributed by atoms with Gasteiger partial charge in [0.15, 0.2) is 9.84 Å². The summed E-state index contributed by atoms with van der Waals surface area (Å²) in [5.74, 6) is 1.04. The van der Waals surface area contributed by atoms with Crippen LogP contribution in [0.25, 0.3) is 0 Å². The molecule has 1 N–H and O–H groups in total. The number of hydrogen-bond donors (Lipinski definition) is 1. The Morgan fingerprint density at radius 2 is 1.84 bits per heavy atom. The lowest BCUT2D eigenvalue weighted by Crippen LogP contribution is -2.44. The largest absolute Gasteiger partial charge is 0.314 e. The fourth-order valence-electron chi connectivity index (χ4n) is 2.01. The van der Waals surface area contributed by atoms with Crippen molar-refractivity contribution in [1.82, 2.24) is 10.2 Å². The van der Waals surface area contributed by atoms with Gasteiger partial charge in [-0.3, -0.25) is 4.90 Å². The molecule has 0 aromatic heterocycles. The van der Waals surface area contributed by atoms with Gasteiger partial charge in [0.2, 0.25) is 0 Å². The molecule has 1 heterocycles. The van der Waals surface area contributed by atoms with Crippen LogP contribution in [-0.2, 0) is 9.84 Å². The Bertz CT molecular complexity index is 494. The Morgan fingerprint density at radius 3 is 2.42 bits per heavy atom. The maximum absolute atomic E-state index is 11.3. The molecule has 1 saturated heterocycles. The first kappa shape index (κ1) is 14.8. The molecule has 0 bridgehead atoms. The fourth-order valence-corrected chi connectivity index (χ4v) is 3.55. The Kier molecular flexibility index (Phi) is 5.27. The molecule has 1 aromatic carbocycles. The lowest BCUT2D eigenvalue weighted by atomic mass is 10.4. The number of rotatable bonds is 5. The van der Waals surface area contributed by atoms with Gasteiger partial charge in [0.25, 0.3) is 0 Å². The van der Waals surface area contributed by atoms with Crippen molar-refractivity contribution in [2.24, 2.45) is 0 Å². The van der Waals surface area contributed by atoms with Gasteiger partial charge in [-0.1, -0.05) is 0 Å². The molecule has 19 heavy (non-hydrogen) atoms. The molecule has 1 aliphatic heterocycles. The smallest absolute Gasteiger partial charge is 0.175 e. The predicted molar refractivity (Wildman–Crippen MR) is 79.6 cm³/mol. The minimum atomic E-state index is -3.08. The number of thioether (sulfide) groups is 1. The molecule has 4 nitrogen and oxygen atoms in total.